The van der Waals surface area contributed by atoms with Gasteiger partial charge in [-0.1, -0.05) is 6.58 Å². The number of ether oxygens (including phenoxy) is 3. The molecular formula is C16H26N2O7. The lowest BCUT2D eigenvalue weighted by Gasteiger charge is -2.10. The Morgan fingerprint density at radius 3 is 2.12 bits per heavy atom. The summed E-state index contributed by atoms with van der Waals surface area (Å²) in [5.74, 6) is -2.17. The summed E-state index contributed by atoms with van der Waals surface area (Å²) in [5, 5.41) is 2.36. The fourth-order valence-corrected chi connectivity index (χ4v) is 1.35. The van der Waals surface area contributed by atoms with Gasteiger partial charge in [-0.3, -0.25) is 14.4 Å². The van der Waals surface area contributed by atoms with Gasteiger partial charge in [-0.2, -0.15) is 0 Å². The molecule has 1 N–H and O–H groups in total. The fourth-order valence-electron chi connectivity index (χ4n) is 1.35. The summed E-state index contributed by atoms with van der Waals surface area (Å²) in [4.78, 5) is 47.2. The van der Waals surface area contributed by atoms with Gasteiger partial charge in [0.2, 0.25) is 5.91 Å². The molecule has 142 valence electrons. The summed E-state index contributed by atoms with van der Waals surface area (Å²) in [6, 6.07) is 0. The van der Waals surface area contributed by atoms with Crippen LogP contribution in [0.4, 0.5) is 0 Å². The summed E-state index contributed by atoms with van der Waals surface area (Å²) in [5.41, 5.74) is 0.253. The minimum Gasteiger partial charge on any atom is -0.463 e. The van der Waals surface area contributed by atoms with Crippen LogP contribution in [0.2, 0.25) is 0 Å². The van der Waals surface area contributed by atoms with Crippen LogP contribution in [0, 0.1) is 0 Å². The highest BCUT2D eigenvalue weighted by atomic mass is 16.6. The number of hydrogen-bond acceptors (Lipinski definition) is 8. The Morgan fingerprint density at radius 2 is 1.52 bits per heavy atom. The van der Waals surface area contributed by atoms with E-state index in [2.05, 4.69) is 11.9 Å². The third-order valence-electron chi connectivity index (χ3n) is 2.72. The first kappa shape index (κ1) is 22.6. The van der Waals surface area contributed by atoms with Crippen molar-refractivity contribution in [2.75, 3.05) is 47.0 Å². The molecule has 0 bridgehead atoms. The van der Waals surface area contributed by atoms with Gasteiger partial charge in [-0.05, 0) is 21.0 Å². The molecule has 1 amide bonds. The summed E-state index contributed by atoms with van der Waals surface area (Å²) in [6.07, 6.45) is -0.259. The van der Waals surface area contributed by atoms with Crippen molar-refractivity contribution in [3.8, 4) is 0 Å². The topological polar surface area (TPSA) is 111 Å². The van der Waals surface area contributed by atoms with Crippen molar-refractivity contribution < 1.29 is 33.4 Å². The van der Waals surface area contributed by atoms with Crippen molar-refractivity contribution in [1.29, 1.82) is 0 Å². The van der Waals surface area contributed by atoms with E-state index in [0.29, 0.717) is 6.54 Å². The second-order valence-electron chi connectivity index (χ2n) is 5.44. The molecule has 0 aliphatic carbocycles. The van der Waals surface area contributed by atoms with Gasteiger partial charge in [0.15, 0.2) is 0 Å². The normalized spacial score (nSPS) is 10.1. The third-order valence-corrected chi connectivity index (χ3v) is 2.72. The molecule has 0 rings (SSSR count). The molecule has 0 fully saturated rings. The average molecular weight is 358 g/mol. The highest BCUT2D eigenvalue weighted by Crippen LogP contribution is 1.95. The summed E-state index contributed by atoms with van der Waals surface area (Å²) in [7, 11) is 3.69. The zero-order chi connectivity index (χ0) is 19.2. The number of nitrogens with one attached hydrogen (secondary N) is 1. The van der Waals surface area contributed by atoms with Gasteiger partial charge in [-0.25, -0.2) is 4.79 Å². The quantitative estimate of drug-likeness (QED) is 0.218. The minimum atomic E-state index is -0.602. The Balaban J connectivity index is 3.70. The van der Waals surface area contributed by atoms with Gasteiger partial charge in [-0.15, -0.1) is 0 Å². The van der Waals surface area contributed by atoms with Crippen LogP contribution in [-0.2, 0) is 33.4 Å². The Labute approximate surface area is 147 Å². The minimum absolute atomic E-state index is 0.0809. The van der Waals surface area contributed by atoms with Crippen molar-refractivity contribution in [1.82, 2.24) is 10.2 Å². The Morgan fingerprint density at radius 1 is 0.920 bits per heavy atom. The highest BCUT2D eigenvalue weighted by Gasteiger charge is 2.11. The molecule has 0 aromatic heterocycles. The zero-order valence-electron chi connectivity index (χ0n) is 15.0. The zero-order valence-corrected chi connectivity index (χ0v) is 15.0. The predicted molar refractivity (Wildman–Crippen MR) is 88.5 cm³/mol. The maximum Gasteiger partial charge on any atom is 0.333 e. The maximum atomic E-state index is 11.5. The molecule has 0 saturated carbocycles. The highest BCUT2D eigenvalue weighted by molar-refractivity contribution is 5.87. The molecule has 9 nitrogen and oxygen atoms in total. The van der Waals surface area contributed by atoms with Gasteiger partial charge >= 0.3 is 17.9 Å². The number of amides is 1. The first-order chi connectivity index (χ1) is 11.7. The molecule has 0 heterocycles. The first-order valence-electron chi connectivity index (χ1n) is 7.77. The molecule has 25 heavy (non-hydrogen) atoms. The number of carbonyl (C=O) groups excluding carboxylic acids is 4. The maximum absolute atomic E-state index is 11.5. The molecule has 0 radical (unpaired) electrons. The molecule has 0 aromatic carbocycles. The molecule has 0 spiro atoms. The van der Waals surface area contributed by atoms with Crippen LogP contribution in [0.3, 0.4) is 0 Å². The summed E-state index contributed by atoms with van der Waals surface area (Å²) in [6.45, 7) is 5.31. The van der Waals surface area contributed by atoms with Crippen LogP contribution in [0.5, 0.6) is 0 Å². The lowest BCUT2D eigenvalue weighted by Crippen LogP contribution is -2.32. The molecule has 0 atom stereocenters. The lowest BCUT2D eigenvalue weighted by atomic mass is 10.3. The van der Waals surface area contributed by atoms with Crippen molar-refractivity contribution >= 4 is 23.8 Å². The van der Waals surface area contributed by atoms with E-state index in [9.17, 15) is 19.2 Å². The van der Waals surface area contributed by atoms with E-state index < -0.39 is 23.8 Å². The van der Waals surface area contributed by atoms with Crippen LogP contribution >= 0.6 is 0 Å². The van der Waals surface area contributed by atoms with Gasteiger partial charge in [0, 0.05) is 18.5 Å². The number of hydrogen-bond donors (Lipinski definition) is 1. The summed E-state index contributed by atoms with van der Waals surface area (Å²) >= 11 is 0. The van der Waals surface area contributed by atoms with Crippen LogP contribution in [0.1, 0.15) is 19.8 Å². The second kappa shape index (κ2) is 12.9. The van der Waals surface area contributed by atoms with Gasteiger partial charge in [0.05, 0.1) is 6.42 Å². The van der Waals surface area contributed by atoms with Crippen LogP contribution in [0.15, 0.2) is 12.2 Å². The van der Waals surface area contributed by atoms with Crippen LogP contribution < -0.4 is 5.32 Å². The lowest BCUT2D eigenvalue weighted by molar-refractivity contribution is -0.150. The SMILES string of the molecule is C=C(C)C(=O)OCCOC(=O)CCC(=O)NCC(=O)OCCN(C)C. The smallest absolute Gasteiger partial charge is 0.333 e. The van der Waals surface area contributed by atoms with E-state index in [0.717, 1.165) is 0 Å². The van der Waals surface area contributed by atoms with E-state index in [-0.39, 0.29) is 44.8 Å². The Bertz CT molecular complexity index is 489. The fraction of sp³-hybridized carbons (Fsp3) is 0.625. The number of carbonyl (C=O) groups is 4. The molecular weight excluding hydrogens is 332 g/mol. The molecule has 0 aromatic rings. The van der Waals surface area contributed by atoms with E-state index in [1.54, 1.807) is 0 Å². The van der Waals surface area contributed by atoms with E-state index >= 15 is 0 Å². The second-order valence-corrected chi connectivity index (χ2v) is 5.44. The average Bonchev–Trinajstić information content (AvgIpc) is 2.54. The third kappa shape index (κ3) is 13.7. The van der Waals surface area contributed by atoms with E-state index in [4.69, 9.17) is 14.2 Å². The van der Waals surface area contributed by atoms with Crippen molar-refractivity contribution in [3.63, 3.8) is 0 Å². The van der Waals surface area contributed by atoms with E-state index in [1.165, 1.54) is 6.92 Å². The molecule has 0 aliphatic rings. The van der Waals surface area contributed by atoms with Gasteiger partial charge in [0.1, 0.15) is 26.4 Å². The Hall–Kier alpha value is -2.42. The van der Waals surface area contributed by atoms with Gasteiger partial charge in [0.25, 0.3) is 0 Å². The molecule has 0 saturated heterocycles. The van der Waals surface area contributed by atoms with Crippen LogP contribution in [-0.4, -0.2) is 75.7 Å². The Kier molecular flexibility index (Phi) is 11.7. The van der Waals surface area contributed by atoms with Crippen molar-refractivity contribution in [2.24, 2.45) is 0 Å². The number of likely N-dealkylation sites (N-methyl/N-ethyl adjacent to an activating group) is 1. The predicted octanol–water partition coefficient (Wildman–Crippen LogP) is -0.350. The molecule has 0 unspecified atom stereocenters. The standard InChI is InChI=1S/C16H26N2O7/c1-12(2)16(22)25-10-9-24-14(20)6-5-13(19)17-11-15(21)23-8-7-18(3)4/h1,5-11H2,2-4H3,(H,17,19). The molecule has 9 heteroatoms. The first-order valence-corrected chi connectivity index (χ1v) is 7.77. The van der Waals surface area contributed by atoms with Crippen LogP contribution in [0.25, 0.3) is 0 Å². The van der Waals surface area contributed by atoms with E-state index in [1.807, 2.05) is 19.0 Å². The molecule has 0 aliphatic heterocycles. The van der Waals surface area contributed by atoms with Gasteiger partial charge < -0.3 is 24.4 Å². The number of rotatable bonds is 12. The monoisotopic (exact) mass is 358 g/mol. The largest absolute Gasteiger partial charge is 0.463 e. The van der Waals surface area contributed by atoms with Crippen molar-refractivity contribution in [2.45, 2.75) is 19.8 Å². The van der Waals surface area contributed by atoms with Crippen molar-refractivity contribution in [3.05, 3.63) is 12.2 Å². The number of esters is 3. The summed E-state index contributed by atoms with van der Waals surface area (Å²) < 4.78 is 14.4. The number of nitrogens with zero attached hydrogens (tertiary/aromatic N) is 1.